The molecule has 0 aromatic heterocycles. The van der Waals surface area contributed by atoms with E-state index in [2.05, 4.69) is 22.3 Å². The number of rotatable bonds is 12. The maximum Gasteiger partial charge on any atom is 0.416 e. The number of anilines is 1. The Hall–Kier alpha value is -6.13. The predicted molar refractivity (Wildman–Crippen MR) is 203 cm³/mol. The first-order valence-corrected chi connectivity index (χ1v) is 17.9. The fourth-order valence-electron chi connectivity index (χ4n) is 7.27. The molecule has 0 bridgehead atoms. The van der Waals surface area contributed by atoms with Gasteiger partial charge in [-0.1, -0.05) is 121 Å². The van der Waals surface area contributed by atoms with Crippen molar-refractivity contribution in [1.82, 2.24) is 9.80 Å². The largest absolute Gasteiger partial charge is 0.480 e. The van der Waals surface area contributed by atoms with Crippen LogP contribution >= 0.6 is 0 Å². The number of hydrogen-bond acceptors (Lipinski definition) is 7. The molecule has 10 heteroatoms. The van der Waals surface area contributed by atoms with Gasteiger partial charge in [0, 0.05) is 30.0 Å². The van der Waals surface area contributed by atoms with Crippen molar-refractivity contribution in [2.45, 2.75) is 43.8 Å². The smallest absolute Gasteiger partial charge is 0.416 e. The predicted octanol–water partition coefficient (Wildman–Crippen LogP) is 6.89. The molecule has 53 heavy (non-hydrogen) atoms. The van der Waals surface area contributed by atoms with Gasteiger partial charge in [0.05, 0.1) is 24.0 Å². The molecule has 5 aromatic carbocycles. The van der Waals surface area contributed by atoms with Gasteiger partial charge < -0.3 is 15.2 Å². The molecule has 2 saturated heterocycles. The summed E-state index contributed by atoms with van der Waals surface area (Å²) in [6.45, 7) is 1.63. The third-order valence-corrected chi connectivity index (χ3v) is 9.94. The number of carboxylic acids is 1. The van der Waals surface area contributed by atoms with E-state index in [0.717, 1.165) is 34.2 Å². The van der Waals surface area contributed by atoms with Crippen molar-refractivity contribution >= 4 is 46.0 Å². The van der Waals surface area contributed by atoms with Crippen LogP contribution in [0.15, 0.2) is 132 Å². The van der Waals surface area contributed by atoms with Crippen LogP contribution in [0.25, 0.3) is 10.8 Å². The van der Waals surface area contributed by atoms with Crippen molar-refractivity contribution in [2.75, 3.05) is 25.0 Å². The van der Waals surface area contributed by atoms with Crippen LogP contribution in [0.3, 0.4) is 0 Å². The second kappa shape index (κ2) is 16.0. The highest BCUT2D eigenvalue weighted by atomic mass is 16.6. The van der Waals surface area contributed by atoms with Crippen LogP contribution in [0.4, 0.5) is 10.5 Å². The Bertz CT molecular complexity index is 2150. The summed E-state index contributed by atoms with van der Waals surface area (Å²) in [4.78, 5) is 61.5. The lowest BCUT2D eigenvalue weighted by atomic mass is 9.86. The zero-order valence-corrected chi connectivity index (χ0v) is 29.1. The Labute approximate surface area is 307 Å². The molecule has 2 heterocycles. The maximum atomic E-state index is 14.0. The highest BCUT2D eigenvalue weighted by Gasteiger charge is 2.37. The third-order valence-electron chi connectivity index (χ3n) is 9.94. The van der Waals surface area contributed by atoms with Crippen LogP contribution in [-0.2, 0) is 25.7 Å². The Morgan fingerprint density at radius 2 is 1.53 bits per heavy atom. The third kappa shape index (κ3) is 8.03. The number of carbonyl (C=O) groups excluding carboxylic acids is 3. The highest BCUT2D eigenvalue weighted by Crippen LogP contribution is 2.32. The standard InChI is InChI=1S/C43H40N4O6/c48-38(47-24-25-53-43(47)52)27-35(33-22-21-30-14-7-8-17-32(30)26-33)40(42(50)51)45-39(31-15-5-2-6-16-31)34-18-9-10-19-36(34)44-41(49)37-20-11-23-46(37)28-29-12-3-1-4-13-29/h1-10,12-19,21-22,26,35,37,40H,11,20,23-25,27-28H2,(H,44,49)(H,50,51)/t35-,37-,40+/m0/s1. The van der Waals surface area contributed by atoms with Crippen molar-refractivity contribution in [3.05, 3.63) is 150 Å². The van der Waals surface area contributed by atoms with Crippen molar-refractivity contribution in [3.8, 4) is 0 Å². The Morgan fingerprint density at radius 1 is 0.830 bits per heavy atom. The van der Waals surface area contributed by atoms with Gasteiger partial charge in [0.1, 0.15) is 6.61 Å². The first kappa shape index (κ1) is 35.3. The minimum absolute atomic E-state index is 0.0806. The highest BCUT2D eigenvalue weighted by molar-refractivity contribution is 6.18. The number of carboxylic acid groups (broad SMARTS) is 1. The number of aliphatic carboxylic acids is 1. The summed E-state index contributed by atoms with van der Waals surface area (Å²) in [7, 11) is 0. The van der Waals surface area contributed by atoms with E-state index in [-0.39, 0.29) is 31.5 Å². The summed E-state index contributed by atoms with van der Waals surface area (Å²) in [6, 6.07) is 38.0. The second-order valence-electron chi connectivity index (χ2n) is 13.4. The molecular weight excluding hydrogens is 668 g/mol. The first-order chi connectivity index (χ1) is 25.9. The number of para-hydroxylation sites is 1. The number of nitrogens with one attached hydrogen (secondary N) is 1. The number of hydrogen-bond donors (Lipinski definition) is 2. The van der Waals surface area contributed by atoms with Crippen molar-refractivity contribution in [3.63, 3.8) is 0 Å². The van der Waals surface area contributed by atoms with Crippen LogP contribution in [0.5, 0.6) is 0 Å². The summed E-state index contributed by atoms with van der Waals surface area (Å²) in [5.41, 5.74) is 3.74. The van der Waals surface area contributed by atoms with Gasteiger partial charge in [0.25, 0.3) is 0 Å². The lowest BCUT2D eigenvalue weighted by Crippen LogP contribution is -2.39. The van der Waals surface area contributed by atoms with E-state index in [1.807, 2.05) is 109 Å². The van der Waals surface area contributed by atoms with Gasteiger partial charge in [-0.3, -0.25) is 19.5 Å². The van der Waals surface area contributed by atoms with E-state index in [0.29, 0.717) is 41.1 Å². The van der Waals surface area contributed by atoms with E-state index in [1.165, 1.54) is 0 Å². The zero-order valence-electron chi connectivity index (χ0n) is 29.1. The maximum absolute atomic E-state index is 14.0. The first-order valence-electron chi connectivity index (χ1n) is 17.9. The fraction of sp³-hybridized carbons (Fsp3) is 0.233. The number of carbonyl (C=O) groups is 4. The summed E-state index contributed by atoms with van der Waals surface area (Å²) in [5.74, 6) is -2.89. The topological polar surface area (TPSA) is 129 Å². The van der Waals surface area contributed by atoms with E-state index < -0.39 is 29.9 Å². The van der Waals surface area contributed by atoms with Crippen molar-refractivity contribution in [1.29, 1.82) is 0 Å². The average Bonchev–Trinajstić information content (AvgIpc) is 3.84. The number of amides is 3. The second-order valence-corrected chi connectivity index (χ2v) is 13.4. The zero-order chi connectivity index (χ0) is 36.7. The molecule has 2 N–H and O–H groups in total. The lowest BCUT2D eigenvalue weighted by Gasteiger charge is -2.26. The Kier molecular flexibility index (Phi) is 10.7. The number of imide groups is 1. The Balaban J connectivity index is 1.28. The molecule has 0 aliphatic carbocycles. The normalized spacial score (nSPS) is 17.4. The van der Waals surface area contributed by atoms with Crippen LogP contribution in [0.1, 0.15) is 47.4 Å². The summed E-state index contributed by atoms with van der Waals surface area (Å²) in [5, 5.41) is 15.9. The number of likely N-dealkylation sites (tertiary alicyclic amines) is 1. The molecule has 3 amide bonds. The molecule has 2 aliphatic heterocycles. The minimum Gasteiger partial charge on any atom is -0.480 e. The van der Waals surface area contributed by atoms with Crippen molar-refractivity contribution < 1.29 is 29.0 Å². The van der Waals surface area contributed by atoms with E-state index in [9.17, 15) is 24.3 Å². The van der Waals surface area contributed by atoms with E-state index >= 15 is 0 Å². The van der Waals surface area contributed by atoms with Crippen LogP contribution < -0.4 is 5.32 Å². The number of cyclic esters (lactones) is 1. The molecule has 2 fully saturated rings. The van der Waals surface area contributed by atoms with Gasteiger partial charge in [-0.25, -0.2) is 14.5 Å². The monoisotopic (exact) mass is 708 g/mol. The van der Waals surface area contributed by atoms with Gasteiger partial charge in [-0.2, -0.15) is 0 Å². The van der Waals surface area contributed by atoms with Crippen molar-refractivity contribution in [2.24, 2.45) is 4.99 Å². The van der Waals surface area contributed by atoms with Gasteiger partial charge in [-0.05, 0) is 47.4 Å². The van der Waals surface area contributed by atoms with Crippen LogP contribution in [0.2, 0.25) is 0 Å². The van der Waals surface area contributed by atoms with E-state index in [1.54, 1.807) is 6.07 Å². The SMILES string of the molecule is O=C(O)[C@H](N=C(c1ccccc1)c1ccccc1NC(=O)[C@@H]1CCCN1Cc1ccccc1)[C@@H](CC(=O)N1CCOC1=O)c1ccc2ccccc2c1. The molecule has 10 nitrogen and oxygen atoms in total. The van der Waals surface area contributed by atoms with Gasteiger partial charge >= 0.3 is 12.1 Å². The van der Waals surface area contributed by atoms with Crippen LogP contribution in [-0.4, -0.2) is 76.3 Å². The Morgan fingerprint density at radius 3 is 2.26 bits per heavy atom. The van der Waals surface area contributed by atoms with E-state index in [4.69, 9.17) is 9.73 Å². The molecule has 5 aromatic rings. The molecular formula is C43H40N4O6. The van der Waals surface area contributed by atoms with Gasteiger partial charge in [0.15, 0.2) is 6.04 Å². The fourth-order valence-corrected chi connectivity index (χ4v) is 7.27. The molecule has 7 rings (SSSR count). The molecule has 0 spiro atoms. The molecule has 0 radical (unpaired) electrons. The average molecular weight is 709 g/mol. The molecule has 0 unspecified atom stereocenters. The quantitative estimate of drug-likeness (QED) is 0.135. The summed E-state index contributed by atoms with van der Waals surface area (Å²) in [6.07, 6.45) is 0.566. The lowest BCUT2D eigenvalue weighted by molar-refractivity contribution is -0.139. The molecule has 3 atom stereocenters. The molecule has 2 aliphatic rings. The van der Waals surface area contributed by atoms with Gasteiger partial charge in [0.2, 0.25) is 11.8 Å². The number of aliphatic imine (C=N–C) groups is 1. The minimum atomic E-state index is -1.45. The number of ether oxygens (including phenoxy) is 1. The van der Waals surface area contributed by atoms with Crippen LogP contribution in [0, 0.1) is 0 Å². The number of nitrogens with zero attached hydrogens (tertiary/aromatic N) is 3. The number of fused-ring (bicyclic) bond motifs is 1. The van der Waals surface area contributed by atoms with Gasteiger partial charge in [-0.15, -0.1) is 0 Å². The molecule has 0 saturated carbocycles. The summed E-state index contributed by atoms with van der Waals surface area (Å²) >= 11 is 0. The number of benzene rings is 5. The summed E-state index contributed by atoms with van der Waals surface area (Å²) < 4.78 is 5.02. The molecule has 268 valence electrons.